The van der Waals surface area contributed by atoms with E-state index in [1.807, 2.05) is 6.92 Å². The van der Waals surface area contributed by atoms with Crippen molar-refractivity contribution in [3.8, 4) is 0 Å². The second-order valence-corrected chi connectivity index (χ2v) is 6.53. The molecule has 0 atom stereocenters. The maximum absolute atomic E-state index is 14.1. The molecular weight excluding hydrogens is 385 g/mol. The van der Waals surface area contributed by atoms with Crippen LogP contribution in [0.1, 0.15) is 64.7 Å². The molecule has 1 rings (SSSR count). The zero-order valence-electron chi connectivity index (χ0n) is 16.5. The number of nitrogens with zero attached hydrogens (tertiary/aromatic N) is 2. The Kier molecular flexibility index (Phi) is 11.2. The summed E-state index contributed by atoms with van der Waals surface area (Å²) in [5.41, 5.74) is 0.550. The zero-order valence-corrected chi connectivity index (χ0v) is 16.5. The van der Waals surface area contributed by atoms with Crippen molar-refractivity contribution < 1.29 is 24.0 Å². The van der Waals surface area contributed by atoms with Gasteiger partial charge in [-0.2, -0.15) is 4.98 Å². The highest BCUT2D eigenvalue weighted by Crippen LogP contribution is 2.10. The summed E-state index contributed by atoms with van der Waals surface area (Å²) in [5, 5.41) is 13.1. The number of carbonyl (C=O) groups excluding carboxylic acids is 3. The number of hydrogen-bond donors (Lipinski definition) is 4. The maximum Gasteiger partial charge on any atom is 0.358 e. The van der Waals surface area contributed by atoms with E-state index in [0.29, 0.717) is 43.0 Å². The van der Waals surface area contributed by atoms with Crippen LogP contribution in [0.3, 0.4) is 0 Å². The molecule has 0 bridgehead atoms. The summed E-state index contributed by atoms with van der Waals surface area (Å²) in [6.45, 7) is 2.38. The van der Waals surface area contributed by atoms with Crippen molar-refractivity contribution in [1.82, 2.24) is 20.3 Å². The number of rotatable bonds is 12. The Morgan fingerprint density at radius 2 is 1.72 bits per heavy atom. The molecule has 1 aromatic heterocycles. The minimum atomic E-state index is -0.989. The number of aromatic nitrogens is 2. The molecule has 162 valence electrons. The zero-order chi connectivity index (χ0) is 21.6. The molecular formula is C18H28FN5O5. The van der Waals surface area contributed by atoms with Gasteiger partial charge in [0.25, 0.3) is 0 Å². The van der Waals surface area contributed by atoms with Crippen molar-refractivity contribution in [2.75, 3.05) is 11.9 Å². The lowest BCUT2D eigenvalue weighted by molar-refractivity contribution is -0.129. The van der Waals surface area contributed by atoms with Crippen LogP contribution in [-0.2, 0) is 9.59 Å². The molecule has 0 unspecified atom stereocenters. The Morgan fingerprint density at radius 3 is 2.34 bits per heavy atom. The van der Waals surface area contributed by atoms with Gasteiger partial charge in [-0.15, -0.1) is 0 Å². The van der Waals surface area contributed by atoms with Crippen molar-refractivity contribution in [2.45, 2.75) is 64.7 Å². The summed E-state index contributed by atoms with van der Waals surface area (Å²) >= 11 is 0. The second kappa shape index (κ2) is 13.4. The molecule has 0 radical (unpaired) electrons. The highest BCUT2D eigenvalue weighted by atomic mass is 19.1. The number of carbonyl (C=O) groups is 3. The fourth-order valence-corrected chi connectivity index (χ4v) is 2.50. The Bertz CT molecular complexity index is 753. The van der Waals surface area contributed by atoms with Crippen molar-refractivity contribution in [3.63, 3.8) is 0 Å². The largest absolute Gasteiger partial charge is 0.358 e. The third-order valence-electron chi connectivity index (χ3n) is 4.10. The van der Waals surface area contributed by atoms with Crippen LogP contribution in [0.15, 0.2) is 11.0 Å². The molecule has 0 saturated carbocycles. The molecule has 0 aliphatic rings. The van der Waals surface area contributed by atoms with E-state index < -0.39 is 35.2 Å². The first-order valence-electron chi connectivity index (χ1n) is 9.69. The number of anilines is 1. The molecule has 0 fully saturated rings. The molecule has 29 heavy (non-hydrogen) atoms. The van der Waals surface area contributed by atoms with Gasteiger partial charge in [0, 0.05) is 19.4 Å². The van der Waals surface area contributed by atoms with E-state index in [9.17, 15) is 23.6 Å². The lowest BCUT2D eigenvalue weighted by atomic mass is 10.1. The Hall–Kier alpha value is -2.82. The molecule has 0 aromatic carbocycles. The Labute approximate surface area is 167 Å². The van der Waals surface area contributed by atoms with E-state index in [1.165, 1.54) is 5.48 Å². The predicted octanol–water partition coefficient (Wildman–Crippen LogP) is 1.91. The normalized spacial score (nSPS) is 10.4. The second-order valence-electron chi connectivity index (χ2n) is 6.53. The third kappa shape index (κ3) is 9.28. The summed E-state index contributed by atoms with van der Waals surface area (Å²) in [5.74, 6) is -2.48. The van der Waals surface area contributed by atoms with Crippen LogP contribution in [0, 0.1) is 5.82 Å². The molecule has 11 heteroatoms. The predicted molar refractivity (Wildman–Crippen MR) is 103 cm³/mol. The minimum absolute atomic E-state index is 0.0916. The molecule has 0 spiro atoms. The van der Waals surface area contributed by atoms with Crippen LogP contribution in [0.4, 0.5) is 15.0 Å². The van der Waals surface area contributed by atoms with Gasteiger partial charge in [-0.25, -0.2) is 24.0 Å². The number of nitrogens with one attached hydrogen (secondary N) is 3. The Morgan fingerprint density at radius 1 is 1.07 bits per heavy atom. The molecule has 0 aliphatic carbocycles. The highest BCUT2D eigenvalue weighted by Gasteiger charge is 2.15. The van der Waals surface area contributed by atoms with Crippen molar-refractivity contribution >= 4 is 23.7 Å². The summed E-state index contributed by atoms with van der Waals surface area (Å²) in [7, 11) is 0. The maximum atomic E-state index is 14.1. The van der Waals surface area contributed by atoms with Gasteiger partial charge in [-0.05, 0) is 19.3 Å². The number of amides is 3. The van der Waals surface area contributed by atoms with Gasteiger partial charge in [0.1, 0.15) is 0 Å². The van der Waals surface area contributed by atoms with E-state index >= 15 is 0 Å². The first-order chi connectivity index (χ1) is 13.9. The van der Waals surface area contributed by atoms with Crippen LogP contribution >= 0.6 is 0 Å². The van der Waals surface area contributed by atoms with Gasteiger partial charge in [0.05, 0.1) is 6.20 Å². The van der Waals surface area contributed by atoms with Crippen molar-refractivity contribution in [1.29, 1.82) is 0 Å². The lowest BCUT2D eigenvalue weighted by Crippen LogP contribution is -2.38. The van der Waals surface area contributed by atoms with E-state index in [1.54, 1.807) is 0 Å². The van der Waals surface area contributed by atoms with Crippen LogP contribution in [0.25, 0.3) is 0 Å². The van der Waals surface area contributed by atoms with Gasteiger partial charge in [-0.1, -0.05) is 32.6 Å². The first-order valence-corrected chi connectivity index (χ1v) is 9.69. The summed E-state index contributed by atoms with van der Waals surface area (Å²) in [6, 6.07) is -0.773. The highest BCUT2D eigenvalue weighted by molar-refractivity contribution is 5.89. The number of halogens is 1. The SMILES string of the molecule is CCCCCNC(=O)n1cc(F)c(NC(=O)CCCCCCC(=O)NO)nc1=O. The number of hydrogen-bond acceptors (Lipinski definition) is 6. The average Bonchev–Trinajstić information content (AvgIpc) is 2.69. The summed E-state index contributed by atoms with van der Waals surface area (Å²) in [6.07, 6.45) is 6.07. The standard InChI is InChI=1S/C18H28FN5O5/c1-2-3-8-11-20-17(27)24-12-13(19)16(22-18(24)28)21-14(25)9-6-4-5-7-10-15(26)23-29/h12,29H,2-11H2,1H3,(H,20,27)(H,23,26)(H,21,22,25,28). The lowest BCUT2D eigenvalue weighted by Gasteiger charge is -2.09. The fourth-order valence-electron chi connectivity index (χ4n) is 2.50. The van der Waals surface area contributed by atoms with E-state index in [0.717, 1.165) is 19.3 Å². The molecule has 0 aliphatic heterocycles. The van der Waals surface area contributed by atoms with Gasteiger partial charge < -0.3 is 10.6 Å². The minimum Gasteiger partial charge on any atom is -0.337 e. The van der Waals surface area contributed by atoms with Crippen molar-refractivity contribution in [2.24, 2.45) is 0 Å². The van der Waals surface area contributed by atoms with Gasteiger partial charge in [0.15, 0.2) is 11.6 Å². The molecule has 10 nitrogen and oxygen atoms in total. The van der Waals surface area contributed by atoms with E-state index in [2.05, 4.69) is 15.6 Å². The molecule has 3 amide bonds. The van der Waals surface area contributed by atoms with Gasteiger partial charge >= 0.3 is 11.7 Å². The first kappa shape index (κ1) is 24.2. The van der Waals surface area contributed by atoms with Gasteiger partial charge in [0.2, 0.25) is 11.8 Å². The van der Waals surface area contributed by atoms with Crippen molar-refractivity contribution in [3.05, 3.63) is 22.5 Å². The summed E-state index contributed by atoms with van der Waals surface area (Å²) in [4.78, 5) is 50.0. The smallest absolute Gasteiger partial charge is 0.337 e. The quantitative estimate of drug-likeness (QED) is 0.234. The Balaban J connectivity index is 2.47. The molecule has 0 saturated heterocycles. The van der Waals surface area contributed by atoms with E-state index in [4.69, 9.17) is 5.21 Å². The third-order valence-corrected chi connectivity index (χ3v) is 4.10. The molecule has 4 N–H and O–H groups in total. The monoisotopic (exact) mass is 413 g/mol. The van der Waals surface area contributed by atoms with Crippen LogP contribution in [0.5, 0.6) is 0 Å². The number of unbranched alkanes of at least 4 members (excludes halogenated alkanes) is 5. The van der Waals surface area contributed by atoms with Crippen LogP contribution in [0.2, 0.25) is 0 Å². The number of hydroxylamine groups is 1. The fraction of sp³-hybridized carbons (Fsp3) is 0.611. The van der Waals surface area contributed by atoms with Gasteiger partial charge in [-0.3, -0.25) is 14.8 Å². The van der Waals surface area contributed by atoms with E-state index in [-0.39, 0.29) is 12.8 Å². The molecule has 1 aromatic rings. The van der Waals surface area contributed by atoms with Crippen LogP contribution < -0.4 is 21.8 Å². The molecule has 1 heterocycles. The van der Waals surface area contributed by atoms with Crippen LogP contribution in [-0.4, -0.2) is 39.1 Å². The summed E-state index contributed by atoms with van der Waals surface area (Å²) < 4.78 is 14.6. The topological polar surface area (TPSA) is 142 Å². The average molecular weight is 413 g/mol.